The van der Waals surface area contributed by atoms with Crippen molar-refractivity contribution in [1.82, 2.24) is 20.5 Å². The minimum Gasteiger partial charge on any atom is -0.342 e. The summed E-state index contributed by atoms with van der Waals surface area (Å²) in [5.41, 5.74) is 0.0244. The molecule has 29 heavy (non-hydrogen) atoms. The molecule has 1 aromatic heterocycles. The van der Waals surface area contributed by atoms with Gasteiger partial charge in [0.2, 0.25) is 5.91 Å². The first-order valence-electron chi connectivity index (χ1n) is 11.3. The van der Waals surface area contributed by atoms with Crippen molar-refractivity contribution in [3.8, 4) is 0 Å². The molecule has 1 unspecified atom stereocenters. The largest absolute Gasteiger partial charge is 0.342 e. The van der Waals surface area contributed by atoms with Gasteiger partial charge in [-0.2, -0.15) is 0 Å². The van der Waals surface area contributed by atoms with Gasteiger partial charge in [-0.05, 0) is 69.1 Å². The monoisotopic (exact) mass is 416 g/mol. The highest BCUT2D eigenvalue weighted by molar-refractivity contribution is 7.09. The van der Waals surface area contributed by atoms with Gasteiger partial charge in [0.15, 0.2) is 0 Å². The molecule has 2 heterocycles. The molecule has 1 aromatic rings. The average Bonchev–Trinajstić information content (AvgIpc) is 3.21. The number of carbonyl (C=O) groups is 2. The molecule has 5 fully saturated rings. The van der Waals surface area contributed by atoms with Gasteiger partial charge in [0.05, 0.1) is 5.01 Å². The fourth-order valence-corrected chi connectivity index (χ4v) is 7.60. The van der Waals surface area contributed by atoms with E-state index in [-0.39, 0.29) is 17.5 Å². The third-order valence-corrected chi connectivity index (χ3v) is 8.55. The Morgan fingerprint density at radius 1 is 1.17 bits per heavy atom. The quantitative estimate of drug-likeness (QED) is 0.771. The summed E-state index contributed by atoms with van der Waals surface area (Å²) in [7, 11) is 0. The molecule has 0 spiro atoms. The zero-order valence-corrected chi connectivity index (χ0v) is 17.9. The Bertz CT molecular complexity index is 715. The standard InChI is InChI=1S/C22H32N4O2S/c27-19(26-6-1-2-18(14-26)20-23-5-7-29-20)3-4-24-21(28)25-22-11-15-8-16(12-22)10-17(9-15)13-22/h5,7,15-18H,1-4,6,8-14H2,(H2,24,25,28). The van der Waals surface area contributed by atoms with Crippen molar-refractivity contribution in [3.05, 3.63) is 16.6 Å². The number of hydrogen-bond acceptors (Lipinski definition) is 4. The SMILES string of the molecule is O=C(NCCC(=O)N1CCCC(c2nccs2)C1)NC12CC3CC(CC(C3)C1)C2. The summed E-state index contributed by atoms with van der Waals surface area (Å²) in [6.45, 7) is 1.99. The highest BCUT2D eigenvalue weighted by Crippen LogP contribution is 2.55. The number of hydrogen-bond donors (Lipinski definition) is 2. The highest BCUT2D eigenvalue weighted by atomic mass is 32.1. The van der Waals surface area contributed by atoms with Crippen LogP contribution in [0.3, 0.4) is 0 Å². The predicted molar refractivity (Wildman–Crippen MR) is 113 cm³/mol. The van der Waals surface area contributed by atoms with Crippen molar-refractivity contribution < 1.29 is 9.59 Å². The number of urea groups is 1. The van der Waals surface area contributed by atoms with Crippen LogP contribution in [0.15, 0.2) is 11.6 Å². The molecular formula is C22H32N4O2S. The topological polar surface area (TPSA) is 74.3 Å². The molecule has 0 aromatic carbocycles. The smallest absolute Gasteiger partial charge is 0.315 e. The van der Waals surface area contributed by atoms with Gasteiger partial charge in [0, 0.05) is 49.1 Å². The Morgan fingerprint density at radius 2 is 1.90 bits per heavy atom. The van der Waals surface area contributed by atoms with E-state index in [1.807, 2.05) is 16.5 Å². The molecule has 1 atom stereocenters. The Kier molecular flexibility index (Phi) is 5.26. The first-order chi connectivity index (χ1) is 14.1. The summed E-state index contributed by atoms with van der Waals surface area (Å²) >= 11 is 1.68. The van der Waals surface area contributed by atoms with E-state index in [0.717, 1.165) is 68.0 Å². The van der Waals surface area contributed by atoms with E-state index < -0.39 is 0 Å². The second kappa shape index (κ2) is 7.89. The summed E-state index contributed by atoms with van der Waals surface area (Å²) in [6.07, 6.45) is 11.9. The molecule has 7 heteroatoms. The van der Waals surface area contributed by atoms with Gasteiger partial charge in [0.25, 0.3) is 0 Å². The molecule has 4 aliphatic carbocycles. The van der Waals surface area contributed by atoms with Gasteiger partial charge >= 0.3 is 6.03 Å². The fourth-order valence-electron chi connectivity index (χ4n) is 6.83. The summed E-state index contributed by atoms with van der Waals surface area (Å²) in [6, 6.07) is -0.0842. The summed E-state index contributed by atoms with van der Waals surface area (Å²) in [5, 5.41) is 9.42. The summed E-state index contributed by atoms with van der Waals surface area (Å²) in [5.74, 6) is 2.94. The normalized spacial score (nSPS) is 35.5. The Morgan fingerprint density at radius 3 is 2.55 bits per heavy atom. The van der Waals surface area contributed by atoms with Crippen LogP contribution in [0.2, 0.25) is 0 Å². The van der Waals surface area contributed by atoms with Gasteiger partial charge in [-0.3, -0.25) is 4.79 Å². The van der Waals surface area contributed by atoms with Gasteiger partial charge in [-0.25, -0.2) is 9.78 Å². The maximum Gasteiger partial charge on any atom is 0.315 e. The highest BCUT2D eigenvalue weighted by Gasteiger charge is 2.51. The molecule has 158 valence electrons. The van der Waals surface area contributed by atoms with Crippen molar-refractivity contribution in [2.45, 2.75) is 69.2 Å². The number of nitrogens with zero attached hydrogens (tertiary/aromatic N) is 2. The van der Waals surface area contributed by atoms with Crippen LogP contribution in [-0.2, 0) is 4.79 Å². The number of piperidine rings is 1. The van der Waals surface area contributed by atoms with Crippen LogP contribution in [0.4, 0.5) is 4.79 Å². The van der Waals surface area contributed by atoms with E-state index in [0.29, 0.717) is 18.9 Å². The summed E-state index contributed by atoms with van der Waals surface area (Å²) in [4.78, 5) is 31.6. The van der Waals surface area contributed by atoms with E-state index in [1.54, 1.807) is 11.3 Å². The minimum absolute atomic E-state index is 0.0244. The van der Waals surface area contributed by atoms with E-state index in [1.165, 1.54) is 19.3 Å². The third kappa shape index (κ3) is 4.16. The number of thiazole rings is 1. The second-order valence-corrected chi connectivity index (χ2v) is 10.8. The van der Waals surface area contributed by atoms with Crippen molar-refractivity contribution in [2.75, 3.05) is 19.6 Å². The van der Waals surface area contributed by atoms with Crippen LogP contribution in [0, 0.1) is 17.8 Å². The lowest BCUT2D eigenvalue weighted by Gasteiger charge is -2.56. The zero-order chi connectivity index (χ0) is 19.8. The van der Waals surface area contributed by atoms with Crippen molar-refractivity contribution in [3.63, 3.8) is 0 Å². The van der Waals surface area contributed by atoms with E-state index in [2.05, 4.69) is 15.6 Å². The summed E-state index contributed by atoms with van der Waals surface area (Å²) < 4.78 is 0. The molecule has 1 saturated heterocycles. The maximum atomic E-state index is 12.6. The zero-order valence-electron chi connectivity index (χ0n) is 17.1. The van der Waals surface area contributed by atoms with Crippen molar-refractivity contribution in [2.24, 2.45) is 17.8 Å². The molecule has 6 nitrogen and oxygen atoms in total. The van der Waals surface area contributed by atoms with Gasteiger partial charge in [-0.15, -0.1) is 11.3 Å². The maximum absolute atomic E-state index is 12.6. The molecule has 2 N–H and O–H groups in total. The van der Waals surface area contributed by atoms with Crippen LogP contribution >= 0.6 is 11.3 Å². The lowest BCUT2D eigenvalue weighted by molar-refractivity contribution is -0.132. The molecular weight excluding hydrogens is 384 g/mol. The number of amides is 3. The molecule has 6 rings (SSSR count). The van der Waals surface area contributed by atoms with E-state index >= 15 is 0 Å². The van der Waals surface area contributed by atoms with Gasteiger partial charge < -0.3 is 15.5 Å². The number of carbonyl (C=O) groups excluding carboxylic acids is 2. The predicted octanol–water partition coefficient (Wildman–Crippen LogP) is 3.51. The number of rotatable bonds is 5. The minimum atomic E-state index is -0.0842. The molecule has 4 bridgehead atoms. The van der Waals surface area contributed by atoms with Crippen LogP contribution in [-0.4, -0.2) is 47.0 Å². The third-order valence-electron chi connectivity index (χ3n) is 7.62. The number of aromatic nitrogens is 1. The number of nitrogens with one attached hydrogen (secondary N) is 2. The van der Waals surface area contributed by atoms with Crippen molar-refractivity contribution >= 4 is 23.3 Å². The van der Waals surface area contributed by atoms with Crippen molar-refractivity contribution in [1.29, 1.82) is 0 Å². The lowest BCUT2D eigenvalue weighted by atomic mass is 9.53. The fraction of sp³-hybridized carbons (Fsp3) is 0.773. The van der Waals surface area contributed by atoms with Gasteiger partial charge in [0.1, 0.15) is 0 Å². The lowest BCUT2D eigenvalue weighted by Crippen LogP contribution is -2.61. The second-order valence-electron chi connectivity index (χ2n) is 9.88. The molecule has 0 radical (unpaired) electrons. The van der Waals surface area contributed by atoms with Gasteiger partial charge in [-0.1, -0.05) is 0 Å². The average molecular weight is 417 g/mol. The molecule has 5 aliphatic rings. The van der Waals surface area contributed by atoms with E-state index in [4.69, 9.17) is 0 Å². The Labute approximate surface area is 176 Å². The first kappa shape index (κ1) is 19.3. The molecule has 4 saturated carbocycles. The molecule has 1 aliphatic heterocycles. The van der Waals surface area contributed by atoms with E-state index in [9.17, 15) is 9.59 Å². The molecule has 3 amide bonds. The Hall–Kier alpha value is -1.63. The van der Waals surface area contributed by atoms with Crippen LogP contribution < -0.4 is 10.6 Å². The van der Waals surface area contributed by atoms with Crippen LogP contribution in [0.5, 0.6) is 0 Å². The van der Waals surface area contributed by atoms with Crippen LogP contribution in [0.1, 0.15) is 68.7 Å². The Balaban J connectivity index is 1.07. The van der Waals surface area contributed by atoms with Crippen LogP contribution in [0.25, 0.3) is 0 Å². The number of likely N-dealkylation sites (tertiary alicyclic amines) is 1. The first-order valence-corrected chi connectivity index (χ1v) is 12.2.